The molecule has 1 aliphatic rings. The number of aliphatic imine (C=N–C) groups is 1. The molecule has 0 N–H and O–H groups in total. The van der Waals surface area contributed by atoms with Crippen LogP contribution >= 0.6 is 23.4 Å². The minimum absolute atomic E-state index is 0.100. The number of rotatable bonds is 4. The van der Waals surface area contributed by atoms with Crippen molar-refractivity contribution in [3.05, 3.63) is 59.1 Å². The van der Waals surface area contributed by atoms with Gasteiger partial charge in [0, 0.05) is 17.3 Å². The van der Waals surface area contributed by atoms with Gasteiger partial charge < -0.3 is 4.74 Å². The maximum atomic E-state index is 13.3. The van der Waals surface area contributed by atoms with Crippen molar-refractivity contribution < 1.29 is 9.53 Å². The second kappa shape index (κ2) is 8.36. The molecule has 3 rings (SSSR count). The van der Waals surface area contributed by atoms with Gasteiger partial charge in [0.15, 0.2) is 10.8 Å². The largest absolute Gasteiger partial charge is 0.478 e. The first-order valence-corrected chi connectivity index (χ1v) is 10.3. The van der Waals surface area contributed by atoms with Gasteiger partial charge in [0.05, 0.1) is 5.69 Å². The van der Waals surface area contributed by atoms with E-state index in [4.69, 9.17) is 21.3 Å². The highest BCUT2D eigenvalue weighted by Crippen LogP contribution is 2.28. The van der Waals surface area contributed by atoms with Crippen molar-refractivity contribution in [2.75, 3.05) is 12.3 Å². The van der Waals surface area contributed by atoms with Crippen LogP contribution in [0.1, 0.15) is 25.8 Å². The van der Waals surface area contributed by atoms with Crippen LogP contribution < -0.4 is 4.74 Å². The zero-order chi connectivity index (χ0) is 19.4. The Hall–Kier alpha value is -1.98. The third kappa shape index (κ3) is 4.85. The number of amides is 1. The molecule has 1 heterocycles. The molecule has 6 heteroatoms. The number of ether oxygens (including phenoxy) is 1. The maximum Gasteiger partial charge on any atom is 0.272 e. The number of thioether (sulfide) groups is 1. The monoisotopic (exact) mass is 402 g/mol. The minimum Gasteiger partial charge on any atom is -0.478 e. The lowest BCUT2D eigenvalue weighted by Gasteiger charge is -2.34. The number of aryl methyl sites for hydroxylation is 1. The number of hydrogen-bond donors (Lipinski definition) is 0. The van der Waals surface area contributed by atoms with Gasteiger partial charge in [0.2, 0.25) is 0 Å². The van der Waals surface area contributed by atoms with E-state index in [1.165, 1.54) is 0 Å². The van der Waals surface area contributed by atoms with Gasteiger partial charge in [-0.15, -0.1) is 0 Å². The van der Waals surface area contributed by atoms with Crippen LogP contribution in [0.25, 0.3) is 0 Å². The Kier molecular flexibility index (Phi) is 6.12. The zero-order valence-electron chi connectivity index (χ0n) is 15.7. The van der Waals surface area contributed by atoms with Gasteiger partial charge in [-0.25, -0.2) is 4.99 Å². The first kappa shape index (κ1) is 19.8. The van der Waals surface area contributed by atoms with Crippen LogP contribution in [0.3, 0.4) is 0 Å². The normalized spacial score (nSPS) is 16.4. The summed E-state index contributed by atoms with van der Waals surface area (Å²) in [4.78, 5) is 19.8. The molecule has 2 aromatic carbocycles. The van der Waals surface area contributed by atoms with Crippen molar-refractivity contribution in [2.45, 2.75) is 32.8 Å². The van der Waals surface area contributed by atoms with E-state index in [9.17, 15) is 4.79 Å². The molecule has 2 aromatic rings. The van der Waals surface area contributed by atoms with Gasteiger partial charge >= 0.3 is 0 Å². The Bertz CT molecular complexity index is 850. The van der Waals surface area contributed by atoms with Crippen LogP contribution in [-0.2, 0) is 4.79 Å². The highest BCUT2D eigenvalue weighted by Gasteiger charge is 2.37. The smallest absolute Gasteiger partial charge is 0.272 e. The molecule has 4 nitrogen and oxygen atoms in total. The van der Waals surface area contributed by atoms with E-state index in [1.54, 1.807) is 54.8 Å². The molecular formula is C21H23ClN2O2S. The molecule has 1 saturated heterocycles. The van der Waals surface area contributed by atoms with Crippen molar-refractivity contribution in [3.63, 3.8) is 0 Å². The summed E-state index contributed by atoms with van der Waals surface area (Å²) in [5.41, 5.74) is 0.953. The van der Waals surface area contributed by atoms with Crippen LogP contribution in [0.2, 0.25) is 5.02 Å². The first-order chi connectivity index (χ1) is 12.9. The predicted molar refractivity (Wildman–Crippen MR) is 113 cm³/mol. The first-order valence-electron chi connectivity index (χ1n) is 8.90. The molecule has 27 heavy (non-hydrogen) atoms. The molecule has 0 atom stereocenters. The Morgan fingerprint density at radius 2 is 1.89 bits per heavy atom. The summed E-state index contributed by atoms with van der Waals surface area (Å²) >= 11 is 7.54. The Morgan fingerprint density at radius 3 is 2.59 bits per heavy atom. The zero-order valence-corrected chi connectivity index (χ0v) is 17.3. The summed E-state index contributed by atoms with van der Waals surface area (Å²) < 4.78 is 5.98. The lowest BCUT2D eigenvalue weighted by molar-refractivity contribution is -0.141. The van der Waals surface area contributed by atoms with E-state index in [0.29, 0.717) is 17.3 Å². The van der Waals surface area contributed by atoms with E-state index in [-0.39, 0.29) is 5.91 Å². The number of benzene rings is 2. The fraction of sp³-hybridized carbons (Fsp3) is 0.333. The molecule has 0 spiro atoms. The molecule has 0 aromatic heterocycles. The number of amidine groups is 1. The third-order valence-corrected chi connectivity index (χ3v) is 5.58. The van der Waals surface area contributed by atoms with Crippen LogP contribution in [0.15, 0.2) is 53.5 Å². The van der Waals surface area contributed by atoms with Gasteiger partial charge in [-0.1, -0.05) is 41.6 Å². The highest BCUT2D eigenvalue weighted by atomic mass is 35.5. The second-order valence-electron chi connectivity index (χ2n) is 6.91. The molecular weight excluding hydrogens is 380 g/mol. The predicted octanol–water partition coefficient (Wildman–Crippen LogP) is 5.46. The second-order valence-corrected chi connectivity index (χ2v) is 8.40. The summed E-state index contributed by atoms with van der Waals surface area (Å²) in [7, 11) is 0. The molecule has 142 valence electrons. The van der Waals surface area contributed by atoms with Crippen molar-refractivity contribution >= 4 is 40.1 Å². The minimum atomic E-state index is -1.02. The molecule has 0 radical (unpaired) electrons. The van der Waals surface area contributed by atoms with Crippen molar-refractivity contribution in [3.8, 4) is 5.75 Å². The average molecular weight is 403 g/mol. The van der Waals surface area contributed by atoms with Crippen LogP contribution in [-0.4, -0.2) is 33.9 Å². The molecule has 0 bridgehead atoms. The van der Waals surface area contributed by atoms with E-state index in [2.05, 4.69) is 0 Å². The van der Waals surface area contributed by atoms with Crippen molar-refractivity contribution in [2.24, 2.45) is 4.99 Å². The number of halogens is 1. The number of nitrogens with zero attached hydrogens (tertiary/aromatic N) is 2. The quantitative estimate of drug-likeness (QED) is 0.681. The fourth-order valence-corrected chi connectivity index (χ4v) is 3.87. The van der Waals surface area contributed by atoms with Crippen LogP contribution in [0.4, 0.5) is 5.69 Å². The lowest BCUT2D eigenvalue weighted by atomic mass is 10.1. The number of carbonyl (C=O) groups excluding carboxylic acids is 1. The van der Waals surface area contributed by atoms with Gasteiger partial charge in [-0.2, -0.15) is 0 Å². The average Bonchev–Trinajstić information content (AvgIpc) is 2.65. The summed E-state index contributed by atoms with van der Waals surface area (Å²) in [5, 5.41) is 1.36. The van der Waals surface area contributed by atoms with Crippen molar-refractivity contribution in [1.29, 1.82) is 0 Å². The summed E-state index contributed by atoms with van der Waals surface area (Å²) in [5.74, 6) is 1.46. The summed E-state index contributed by atoms with van der Waals surface area (Å²) in [6.07, 6.45) is 0.931. The molecule has 0 unspecified atom stereocenters. The maximum absolute atomic E-state index is 13.3. The topological polar surface area (TPSA) is 41.9 Å². The molecule has 1 fully saturated rings. The van der Waals surface area contributed by atoms with Gasteiger partial charge in [-0.3, -0.25) is 9.69 Å². The van der Waals surface area contributed by atoms with E-state index in [0.717, 1.165) is 28.6 Å². The number of carbonyl (C=O) groups is 1. The highest BCUT2D eigenvalue weighted by molar-refractivity contribution is 8.13. The number of para-hydroxylation sites is 1. The Balaban J connectivity index is 1.84. The van der Waals surface area contributed by atoms with Gasteiger partial charge in [-0.05, 0) is 63.1 Å². The standard InChI is InChI=1S/C21H23ClN2O2S/c1-15-7-4-5-8-18(15)23-20-24(13-6-14-27-20)19(25)21(2,3)26-17-11-9-16(22)10-12-17/h4-5,7-12H,6,13-14H2,1-3H3. The van der Waals surface area contributed by atoms with E-state index in [1.807, 2.05) is 31.2 Å². The van der Waals surface area contributed by atoms with Crippen LogP contribution in [0.5, 0.6) is 5.75 Å². The fourth-order valence-electron chi connectivity index (χ4n) is 2.80. The van der Waals surface area contributed by atoms with E-state index >= 15 is 0 Å². The van der Waals surface area contributed by atoms with Crippen LogP contribution in [0, 0.1) is 6.92 Å². The molecule has 0 saturated carbocycles. The SMILES string of the molecule is Cc1ccccc1N=C1SCCCN1C(=O)C(C)(C)Oc1ccc(Cl)cc1. The molecule has 1 aliphatic heterocycles. The van der Waals surface area contributed by atoms with Gasteiger partial charge in [0.1, 0.15) is 5.75 Å². The molecule has 0 aliphatic carbocycles. The summed E-state index contributed by atoms with van der Waals surface area (Å²) in [6.45, 7) is 6.24. The molecule has 1 amide bonds. The third-order valence-electron chi connectivity index (χ3n) is 4.27. The summed E-state index contributed by atoms with van der Waals surface area (Å²) in [6, 6.07) is 15.0. The Morgan fingerprint density at radius 1 is 1.19 bits per heavy atom. The number of hydrogen-bond acceptors (Lipinski definition) is 4. The van der Waals surface area contributed by atoms with Crippen molar-refractivity contribution in [1.82, 2.24) is 4.90 Å². The van der Waals surface area contributed by atoms with Gasteiger partial charge in [0.25, 0.3) is 5.91 Å². The van der Waals surface area contributed by atoms with E-state index < -0.39 is 5.60 Å². The lowest BCUT2D eigenvalue weighted by Crippen LogP contribution is -2.52. The Labute approximate surface area is 169 Å².